The highest BCUT2D eigenvalue weighted by Gasteiger charge is 2.40. The number of alkyl halides is 6. The molecule has 0 unspecified atom stereocenters. The number of nitrogens with one attached hydrogen (secondary N) is 2. The van der Waals surface area contributed by atoms with Crippen LogP contribution in [0.1, 0.15) is 25.1 Å². The van der Waals surface area contributed by atoms with Crippen molar-refractivity contribution in [1.82, 2.24) is 19.7 Å². The van der Waals surface area contributed by atoms with Gasteiger partial charge in [-0.3, -0.25) is 4.68 Å². The summed E-state index contributed by atoms with van der Waals surface area (Å²) in [6.45, 7) is 2.15. The summed E-state index contributed by atoms with van der Waals surface area (Å²) in [5.74, 6) is -1.09. The molecule has 0 spiro atoms. The molecule has 0 bridgehead atoms. The first-order valence-corrected chi connectivity index (χ1v) is 7.47. The summed E-state index contributed by atoms with van der Waals surface area (Å²) in [5, 5.41) is 17.8. The minimum absolute atomic E-state index is 0.454. The molecule has 0 aliphatic rings. The quantitative estimate of drug-likeness (QED) is 0.670. The van der Waals surface area contributed by atoms with E-state index in [4.69, 9.17) is 0 Å². The summed E-state index contributed by atoms with van der Waals surface area (Å²) in [6.07, 6.45) is -8.29. The predicted octanol–water partition coefficient (Wildman–Crippen LogP) is 3.27. The van der Waals surface area contributed by atoms with E-state index in [1.165, 1.54) is 20.9 Å². The Morgan fingerprint density at radius 3 is 2.19 bits per heavy atom. The van der Waals surface area contributed by atoms with Crippen LogP contribution in [0.25, 0.3) is 0 Å². The molecule has 0 aliphatic heterocycles. The topological polar surface area (TPSA) is 87.9 Å². The lowest BCUT2D eigenvalue weighted by Gasteiger charge is -2.20. The molecule has 0 amide bonds. The van der Waals surface area contributed by atoms with Gasteiger partial charge in [0.05, 0.1) is 24.0 Å². The Balaban J connectivity index is 2.43. The van der Waals surface area contributed by atoms with E-state index in [2.05, 4.69) is 25.7 Å². The number of halogens is 6. The molecule has 2 rings (SSSR count). The first kappa shape index (κ1) is 20.7. The summed E-state index contributed by atoms with van der Waals surface area (Å²) >= 11 is 0. The summed E-state index contributed by atoms with van der Waals surface area (Å²) in [5.41, 5.74) is -4.43. The highest BCUT2D eigenvalue weighted by atomic mass is 19.4. The molecule has 2 aromatic heterocycles. The van der Waals surface area contributed by atoms with Gasteiger partial charge in [0.2, 0.25) is 5.95 Å². The minimum Gasteiger partial charge on any atom is -0.389 e. The Hall–Kier alpha value is -2.57. The molecular weight excluding hydrogens is 382 g/mol. The molecule has 0 radical (unpaired) electrons. The second-order valence-corrected chi connectivity index (χ2v) is 6.20. The number of hydrogen-bond donors (Lipinski definition) is 3. The zero-order chi connectivity index (χ0) is 20.6. The lowest BCUT2D eigenvalue weighted by atomic mass is 10.1. The zero-order valence-electron chi connectivity index (χ0n) is 14.4. The SMILES string of the molecule is CNc1nc(Nc2cnn(CC(C)(C)O)c2C(F)(F)F)ncc1C(F)(F)F. The van der Waals surface area contributed by atoms with Gasteiger partial charge in [0.25, 0.3) is 0 Å². The third-order valence-corrected chi connectivity index (χ3v) is 3.22. The molecule has 7 nitrogen and oxygen atoms in total. The maximum Gasteiger partial charge on any atom is 0.435 e. The number of rotatable bonds is 5. The molecule has 0 aromatic carbocycles. The van der Waals surface area contributed by atoms with E-state index in [9.17, 15) is 31.4 Å². The molecule has 3 N–H and O–H groups in total. The highest BCUT2D eigenvalue weighted by molar-refractivity contribution is 5.59. The molecule has 0 aliphatic carbocycles. The van der Waals surface area contributed by atoms with Gasteiger partial charge in [-0.25, -0.2) is 4.98 Å². The largest absolute Gasteiger partial charge is 0.435 e. The Morgan fingerprint density at radius 1 is 1.07 bits per heavy atom. The van der Waals surface area contributed by atoms with Crippen LogP contribution >= 0.6 is 0 Å². The van der Waals surface area contributed by atoms with Crippen molar-refractivity contribution in [3.63, 3.8) is 0 Å². The zero-order valence-corrected chi connectivity index (χ0v) is 14.4. The maximum absolute atomic E-state index is 13.4. The number of aliphatic hydroxyl groups is 1. The highest BCUT2D eigenvalue weighted by Crippen LogP contribution is 2.37. The third kappa shape index (κ3) is 4.99. The Morgan fingerprint density at radius 2 is 1.70 bits per heavy atom. The van der Waals surface area contributed by atoms with Gasteiger partial charge in [-0.1, -0.05) is 0 Å². The summed E-state index contributed by atoms with van der Waals surface area (Å²) in [4.78, 5) is 6.97. The van der Waals surface area contributed by atoms with Gasteiger partial charge in [0.15, 0.2) is 5.69 Å². The second kappa shape index (κ2) is 6.87. The number of hydrogen-bond acceptors (Lipinski definition) is 6. The molecule has 2 heterocycles. The van der Waals surface area contributed by atoms with Crippen LogP contribution in [-0.2, 0) is 18.9 Å². The van der Waals surface area contributed by atoms with Crippen LogP contribution in [0.15, 0.2) is 12.4 Å². The van der Waals surface area contributed by atoms with Crippen LogP contribution in [0.3, 0.4) is 0 Å². The molecular formula is C14H16F6N6O. The summed E-state index contributed by atoms with van der Waals surface area (Å²) in [7, 11) is 1.18. The van der Waals surface area contributed by atoms with Crippen LogP contribution in [0, 0.1) is 0 Å². The lowest BCUT2D eigenvalue weighted by Crippen LogP contribution is -2.29. The van der Waals surface area contributed by atoms with E-state index < -0.39 is 53.2 Å². The number of anilines is 3. The van der Waals surface area contributed by atoms with Crippen molar-refractivity contribution in [1.29, 1.82) is 0 Å². The molecule has 0 saturated heterocycles. The fourth-order valence-corrected chi connectivity index (χ4v) is 2.22. The van der Waals surface area contributed by atoms with Gasteiger partial charge in [-0.2, -0.15) is 36.4 Å². The van der Waals surface area contributed by atoms with Crippen molar-refractivity contribution in [3.8, 4) is 0 Å². The first-order chi connectivity index (χ1) is 12.2. The molecule has 0 fully saturated rings. The van der Waals surface area contributed by atoms with Crippen LogP contribution in [0.4, 0.5) is 43.8 Å². The van der Waals surface area contributed by atoms with Gasteiger partial charge < -0.3 is 15.7 Å². The standard InChI is InChI=1S/C14H16F6N6O/c1-12(2,27)6-26-9(14(18,19)20)8(5-23-26)24-11-22-4-7(13(15,16)17)10(21-3)25-11/h4-5,27H,6H2,1-3H3,(H2,21,22,24,25). The molecule has 13 heteroatoms. The van der Waals surface area contributed by atoms with Gasteiger partial charge in [-0.05, 0) is 13.8 Å². The van der Waals surface area contributed by atoms with Crippen molar-refractivity contribution >= 4 is 17.5 Å². The van der Waals surface area contributed by atoms with Crippen LogP contribution in [-0.4, -0.2) is 37.5 Å². The van der Waals surface area contributed by atoms with Gasteiger partial charge in [0, 0.05) is 13.2 Å². The first-order valence-electron chi connectivity index (χ1n) is 7.47. The third-order valence-electron chi connectivity index (χ3n) is 3.22. The van der Waals surface area contributed by atoms with E-state index in [0.717, 1.165) is 6.20 Å². The van der Waals surface area contributed by atoms with E-state index >= 15 is 0 Å². The van der Waals surface area contributed by atoms with Crippen molar-refractivity contribution in [3.05, 3.63) is 23.7 Å². The molecule has 0 saturated carbocycles. The number of nitrogens with zero attached hydrogens (tertiary/aromatic N) is 4. The van der Waals surface area contributed by atoms with E-state index in [1.807, 2.05) is 0 Å². The smallest absolute Gasteiger partial charge is 0.389 e. The van der Waals surface area contributed by atoms with Crippen LogP contribution in [0.5, 0.6) is 0 Å². The Labute approximate surface area is 149 Å². The van der Waals surface area contributed by atoms with Crippen molar-refractivity contribution in [2.24, 2.45) is 0 Å². The van der Waals surface area contributed by atoms with Crippen molar-refractivity contribution in [2.75, 3.05) is 17.7 Å². The summed E-state index contributed by atoms with van der Waals surface area (Å²) in [6, 6.07) is 0. The second-order valence-electron chi connectivity index (χ2n) is 6.20. The molecule has 0 atom stereocenters. The van der Waals surface area contributed by atoms with Crippen LogP contribution < -0.4 is 10.6 Å². The van der Waals surface area contributed by atoms with Crippen molar-refractivity contribution in [2.45, 2.75) is 38.3 Å². The number of aromatic nitrogens is 4. The molecule has 150 valence electrons. The Kier molecular flexibility index (Phi) is 5.27. The maximum atomic E-state index is 13.4. The van der Waals surface area contributed by atoms with Crippen LogP contribution in [0.2, 0.25) is 0 Å². The lowest BCUT2D eigenvalue weighted by molar-refractivity contribution is -0.144. The van der Waals surface area contributed by atoms with Gasteiger partial charge in [0.1, 0.15) is 11.4 Å². The van der Waals surface area contributed by atoms with E-state index in [-0.39, 0.29) is 0 Å². The molecule has 27 heavy (non-hydrogen) atoms. The van der Waals surface area contributed by atoms with Gasteiger partial charge in [-0.15, -0.1) is 0 Å². The Bertz CT molecular complexity index is 808. The normalized spacial score (nSPS) is 13.0. The van der Waals surface area contributed by atoms with Gasteiger partial charge >= 0.3 is 12.4 Å². The monoisotopic (exact) mass is 398 g/mol. The summed E-state index contributed by atoms with van der Waals surface area (Å²) < 4.78 is 79.3. The average Bonchev–Trinajstić information content (AvgIpc) is 2.86. The minimum atomic E-state index is -4.85. The van der Waals surface area contributed by atoms with E-state index in [0.29, 0.717) is 10.9 Å². The molecule has 2 aromatic rings. The van der Waals surface area contributed by atoms with E-state index in [1.54, 1.807) is 0 Å². The fraction of sp³-hybridized carbons (Fsp3) is 0.500. The predicted molar refractivity (Wildman–Crippen MR) is 83.4 cm³/mol. The van der Waals surface area contributed by atoms with Crippen molar-refractivity contribution < 1.29 is 31.4 Å². The fourth-order valence-electron chi connectivity index (χ4n) is 2.22. The average molecular weight is 398 g/mol.